The Morgan fingerprint density at radius 1 is 1.10 bits per heavy atom. The second-order valence-electron chi connectivity index (χ2n) is 6.74. The molecule has 0 radical (unpaired) electrons. The van der Waals surface area contributed by atoms with E-state index < -0.39 is 12.1 Å². The molecule has 0 saturated carbocycles. The average Bonchev–Trinajstić information content (AvgIpc) is 3.13. The Bertz CT molecular complexity index is 1260. The van der Waals surface area contributed by atoms with E-state index in [1.165, 1.54) is 4.52 Å². The first kappa shape index (κ1) is 20.4. The maximum absolute atomic E-state index is 12.2. The molecule has 2 N–H and O–H groups in total. The van der Waals surface area contributed by atoms with Crippen LogP contribution >= 0.6 is 11.6 Å². The number of imidazole rings is 1. The summed E-state index contributed by atoms with van der Waals surface area (Å²) in [6.45, 7) is 0.150. The molecule has 156 valence electrons. The Morgan fingerprint density at radius 3 is 2.68 bits per heavy atom. The quantitative estimate of drug-likeness (QED) is 0.463. The summed E-state index contributed by atoms with van der Waals surface area (Å²) >= 11 is 6.23. The molecule has 2 aromatic carbocycles. The minimum Gasteiger partial charge on any atom is -0.481 e. The van der Waals surface area contributed by atoms with Gasteiger partial charge in [-0.05, 0) is 35.9 Å². The summed E-state index contributed by atoms with van der Waals surface area (Å²) in [7, 11) is 0. The van der Waals surface area contributed by atoms with E-state index in [2.05, 4.69) is 15.4 Å². The summed E-state index contributed by atoms with van der Waals surface area (Å²) in [5, 5.41) is 16.5. The Labute approximate surface area is 182 Å². The molecule has 0 aliphatic carbocycles. The molecule has 0 saturated heterocycles. The highest BCUT2D eigenvalue weighted by molar-refractivity contribution is 6.31. The van der Waals surface area contributed by atoms with E-state index in [1.54, 1.807) is 36.5 Å². The van der Waals surface area contributed by atoms with E-state index >= 15 is 0 Å². The maximum atomic E-state index is 12.2. The van der Waals surface area contributed by atoms with Crippen molar-refractivity contribution in [1.29, 1.82) is 0 Å². The number of ether oxygens (including phenoxy) is 1. The lowest BCUT2D eigenvalue weighted by atomic mass is 10.1. The number of anilines is 1. The average molecular weight is 437 g/mol. The number of rotatable bonds is 6. The number of nitrogens with zero attached hydrogens (tertiary/aromatic N) is 3. The van der Waals surface area contributed by atoms with Crippen molar-refractivity contribution in [2.75, 3.05) is 5.32 Å². The van der Waals surface area contributed by atoms with Crippen molar-refractivity contribution in [1.82, 2.24) is 14.6 Å². The van der Waals surface area contributed by atoms with Gasteiger partial charge < -0.3 is 9.84 Å². The van der Waals surface area contributed by atoms with E-state index in [1.807, 2.05) is 30.3 Å². The summed E-state index contributed by atoms with van der Waals surface area (Å²) in [4.78, 5) is 27.3. The molecule has 9 heteroatoms. The summed E-state index contributed by atoms with van der Waals surface area (Å²) < 4.78 is 6.75. The summed E-state index contributed by atoms with van der Waals surface area (Å²) in [6, 6.07) is 17.9. The number of carbonyl (C=O) groups excluding carboxylic acids is 1. The molecule has 2 aromatic heterocycles. The van der Waals surface area contributed by atoms with E-state index in [-0.39, 0.29) is 13.0 Å². The third-order valence-electron chi connectivity index (χ3n) is 4.35. The lowest BCUT2D eigenvalue weighted by Gasteiger charge is -2.09. The van der Waals surface area contributed by atoms with Crippen LogP contribution in [0.3, 0.4) is 0 Å². The molecule has 0 fully saturated rings. The van der Waals surface area contributed by atoms with E-state index in [0.29, 0.717) is 33.3 Å². The first-order chi connectivity index (χ1) is 15.0. The number of halogens is 1. The fourth-order valence-corrected chi connectivity index (χ4v) is 3.25. The van der Waals surface area contributed by atoms with Gasteiger partial charge in [0.05, 0.1) is 24.0 Å². The molecule has 0 aliphatic rings. The number of aromatic nitrogens is 3. The van der Waals surface area contributed by atoms with Crippen molar-refractivity contribution in [3.05, 3.63) is 83.1 Å². The molecule has 0 bridgehead atoms. The minimum absolute atomic E-state index is 0.150. The lowest BCUT2D eigenvalue weighted by Crippen LogP contribution is -2.13. The van der Waals surface area contributed by atoms with Gasteiger partial charge in [-0.25, -0.2) is 14.3 Å². The molecule has 4 aromatic rings. The molecule has 31 heavy (non-hydrogen) atoms. The number of aliphatic carboxylic acids is 1. The van der Waals surface area contributed by atoms with Gasteiger partial charge in [0.2, 0.25) is 0 Å². The van der Waals surface area contributed by atoms with Crippen molar-refractivity contribution < 1.29 is 19.4 Å². The highest BCUT2D eigenvalue weighted by Gasteiger charge is 2.11. The summed E-state index contributed by atoms with van der Waals surface area (Å²) in [5.41, 5.74) is 3.53. The normalized spacial score (nSPS) is 10.7. The number of carboxylic acids is 1. The molecular formula is C22H17ClN4O4. The molecule has 4 rings (SSSR count). The Hall–Kier alpha value is -3.91. The van der Waals surface area contributed by atoms with Crippen LogP contribution in [0.25, 0.3) is 16.9 Å². The van der Waals surface area contributed by atoms with Crippen LogP contribution in [0.15, 0.2) is 66.9 Å². The molecular weight excluding hydrogens is 420 g/mol. The second kappa shape index (κ2) is 8.85. The molecule has 8 nitrogen and oxygen atoms in total. The zero-order chi connectivity index (χ0) is 21.8. The number of carboxylic acid groups (broad SMARTS) is 1. The SMILES string of the molecule is O=C(O)Cc1cn2nc(-c3cc(Cl)cc(NC(=O)OCc4ccccc4)c3)ccc2n1. The molecule has 1 amide bonds. The smallest absolute Gasteiger partial charge is 0.411 e. The van der Waals surface area contributed by atoms with Crippen molar-refractivity contribution in [3.63, 3.8) is 0 Å². The van der Waals surface area contributed by atoms with Gasteiger partial charge in [0, 0.05) is 16.3 Å². The fraction of sp³-hybridized carbons (Fsp3) is 0.0909. The number of carbonyl (C=O) groups is 2. The minimum atomic E-state index is -0.965. The van der Waals surface area contributed by atoms with Crippen LogP contribution in [0, 0.1) is 0 Å². The van der Waals surface area contributed by atoms with Crippen molar-refractivity contribution in [3.8, 4) is 11.3 Å². The monoisotopic (exact) mass is 436 g/mol. The third-order valence-corrected chi connectivity index (χ3v) is 4.57. The Balaban J connectivity index is 1.51. The Kier molecular flexibility index (Phi) is 5.81. The van der Waals surface area contributed by atoms with E-state index in [9.17, 15) is 9.59 Å². The van der Waals surface area contributed by atoms with Gasteiger partial charge >= 0.3 is 12.1 Å². The van der Waals surface area contributed by atoms with Crippen LogP contribution in [-0.4, -0.2) is 31.8 Å². The van der Waals surface area contributed by atoms with Gasteiger partial charge in [0.15, 0.2) is 5.65 Å². The van der Waals surface area contributed by atoms with Crippen LogP contribution in [0.5, 0.6) is 0 Å². The number of benzene rings is 2. The van der Waals surface area contributed by atoms with Gasteiger partial charge in [-0.2, -0.15) is 5.10 Å². The van der Waals surface area contributed by atoms with Crippen LogP contribution in [0.4, 0.5) is 10.5 Å². The maximum Gasteiger partial charge on any atom is 0.411 e. The van der Waals surface area contributed by atoms with Crippen LogP contribution in [0.2, 0.25) is 5.02 Å². The summed E-state index contributed by atoms with van der Waals surface area (Å²) in [6.07, 6.45) is 0.778. The highest BCUT2D eigenvalue weighted by Crippen LogP contribution is 2.26. The lowest BCUT2D eigenvalue weighted by molar-refractivity contribution is -0.136. The largest absolute Gasteiger partial charge is 0.481 e. The summed E-state index contributed by atoms with van der Waals surface area (Å²) in [5.74, 6) is -0.965. The van der Waals surface area contributed by atoms with Crippen molar-refractivity contribution >= 4 is 35.0 Å². The zero-order valence-corrected chi connectivity index (χ0v) is 16.9. The number of hydrogen-bond acceptors (Lipinski definition) is 5. The van der Waals surface area contributed by atoms with Gasteiger partial charge in [-0.3, -0.25) is 10.1 Å². The predicted molar refractivity (Wildman–Crippen MR) is 115 cm³/mol. The molecule has 0 atom stereocenters. The number of fused-ring (bicyclic) bond motifs is 1. The van der Waals surface area contributed by atoms with Gasteiger partial charge in [0.1, 0.15) is 6.61 Å². The zero-order valence-electron chi connectivity index (χ0n) is 16.2. The van der Waals surface area contributed by atoms with Gasteiger partial charge in [0.25, 0.3) is 0 Å². The molecule has 0 unspecified atom stereocenters. The molecule has 2 heterocycles. The van der Waals surface area contributed by atoms with Gasteiger partial charge in [-0.15, -0.1) is 0 Å². The predicted octanol–water partition coefficient (Wildman–Crippen LogP) is 4.43. The second-order valence-corrected chi connectivity index (χ2v) is 7.18. The number of nitrogens with one attached hydrogen (secondary N) is 1. The topological polar surface area (TPSA) is 106 Å². The number of hydrogen-bond donors (Lipinski definition) is 2. The van der Waals surface area contributed by atoms with Crippen molar-refractivity contribution in [2.45, 2.75) is 13.0 Å². The van der Waals surface area contributed by atoms with Crippen molar-refractivity contribution in [2.24, 2.45) is 0 Å². The van der Waals surface area contributed by atoms with Gasteiger partial charge in [-0.1, -0.05) is 41.9 Å². The molecule has 0 spiro atoms. The van der Waals surface area contributed by atoms with Crippen LogP contribution in [0.1, 0.15) is 11.3 Å². The molecule has 0 aliphatic heterocycles. The Morgan fingerprint density at radius 2 is 1.90 bits per heavy atom. The third kappa shape index (κ3) is 5.18. The van der Waals surface area contributed by atoms with Crippen LogP contribution in [-0.2, 0) is 22.6 Å². The van der Waals surface area contributed by atoms with Crippen LogP contribution < -0.4 is 5.32 Å². The first-order valence-electron chi connectivity index (χ1n) is 9.32. The first-order valence-corrected chi connectivity index (χ1v) is 9.70. The van der Waals surface area contributed by atoms with E-state index in [4.69, 9.17) is 21.4 Å². The fourth-order valence-electron chi connectivity index (χ4n) is 3.01. The standard InChI is InChI=1S/C22H17ClN4O4/c23-16-8-15(19-6-7-20-24-18(11-21(28)29)12-27(20)26-19)9-17(10-16)25-22(30)31-13-14-4-2-1-3-5-14/h1-10,12H,11,13H2,(H,25,30)(H,28,29). The number of amides is 1. The highest BCUT2D eigenvalue weighted by atomic mass is 35.5. The van der Waals surface area contributed by atoms with E-state index in [0.717, 1.165) is 5.56 Å².